The van der Waals surface area contributed by atoms with Crippen LogP contribution in [-0.4, -0.2) is 33.3 Å². The quantitative estimate of drug-likeness (QED) is 0.263. The van der Waals surface area contributed by atoms with E-state index in [-0.39, 0.29) is 40.1 Å². The minimum atomic E-state index is -4.96. The Kier molecular flexibility index (Phi) is 7.38. The highest BCUT2D eigenvalue weighted by Crippen LogP contribution is 2.39. The van der Waals surface area contributed by atoms with Crippen molar-refractivity contribution in [1.29, 1.82) is 0 Å². The van der Waals surface area contributed by atoms with E-state index in [2.05, 4.69) is 10.4 Å². The summed E-state index contributed by atoms with van der Waals surface area (Å²) in [5, 5.41) is 15.1. The lowest BCUT2D eigenvalue weighted by Gasteiger charge is -2.21. The van der Waals surface area contributed by atoms with Gasteiger partial charge in [-0.1, -0.05) is 18.2 Å². The van der Waals surface area contributed by atoms with Crippen LogP contribution in [0.5, 0.6) is 0 Å². The summed E-state index contributed by atoms with van der Waals surface area (Å²) in [5.41, 5.74) is -2.33. The molecule has 7 nitrogen and oxygen atoms in total. The molecule has 2 N–H and O–H groups in total. The number of anilines is 1. The molecule has 0 saturated carbocycles. The molecule has 0 fully saturated rings. The van der Waals surface area contributed by atoms with Crippen LogP contribution in [0.2, 0.25) is 0 Å². The molecule has 4 rings (SSSR count). The number of carbonyl (C=O) groups is 2. The zero-order valence-corrected chi connectivity index (χ0v) is 21.6. The van der Waals surface area contributed by atoms with Gasteiger partial charge in [0.25, 0.3) is 5.91 Å². The van der Waals surface area contributed by atoms with Crippen molar-refractivity contribution < 1.29 is 41.0 Å². The van der Waals surface area contributed by atoms with E-state index in [1.165, 1.54) is 48.2 Å². The van der Waals surface area contributed by atoms with Crippen LogP contribution in [0, 0.1) is 3.57 Å². The number of hydrogen-bond acceptors (Lipinski definition) is 4. The highest BCUT2D eigenvalue weighted by molar-refractivity contribution is 14.1. The number of carboxylic acid groups (broad SMARTS) is 1. The first kappa shape index (κ1) is 27.7. The Morgan fingerprint density at radius 2 is 1.71 bits per heavy atom. The Morgan fingerprint density at radius 1 is 1.05 bits per heavy atom. The maximum atomic E-state index is 13.9. The molecule has 1 aromatic heterocycles. The summed E-state index contributed by atoms with van der Waals surface area (Å²) in [6, 6.07) is 8.34. The fourth-order valence-corrected chi connectivity index (χ4v) is 4.83. The summed E-state index contributed by atoms with van der Waals surface area (Å²) < 4.78 is 82.7. The highest BCUT2D eigenvalue weighted by atomic mass is 127. The van der Waals surface area contributed by atoms with E-state index in [9.17, 15) is 35.9 Å². The van der Waals surface area contributed by atoms with E-state index in [1.807, 2.05) is 0 Å². The number of carbonyl (C=O) groups excluding carboxylic acids is 1. The molecule has 0 radical (unpaired) electrons. The van der Waals surface area contributed by atoms with Gasteiger partial charge in [0.15, 0.2) is 5.69 Å². The third-order valence-corrected chi connectivity index (χ3v) is 6.96. The Labute approximate surface area is 225 Å². The van der Waals surface area contributed by atoms with Gasteiger partial charge in [0.2, 0.25) is 0 Å². The minimum absolute atomic E-state index is 0.000935. The van der Waals surface area contributed by atoms with Crippen molar-refractivity contribution in [2.45, 2.75) is 38.4 Å². The van der Waals surface area contributed by atoms with Gasteiger partial charge in [-0.2, -0.15) is 31.4 Å². The van der Waals surface area contributed by atoms with Crippen LogP contribution in [0.3, 0.4) is 0 Å². The number of alkyl halides is 6. The molecule has 14 heteroatoms. The third-order valence-electron chi connectivity index (χ3n) is 6.02. The Bertz CT molecular complexity index is 1390. The van der Waals surface area contributed by atoms with Crippen LogP contribution in [0.4, 0.5) is 32.2 Å². The van der Waals surface area contributed by atoms with Gasteiger partial charge in [-0.3, -0.25) is 4.79 Å². The number of halogens is 7. The molecular weight excluding hydrogens is 633 g/mol. The molecule has 2 heterocycles. The van der Waals surface area contributed by atoms with Crippen molar-refractivity contribution in [2.24, 2.45) is 0 Å². The van der Waals surface area contributed by atoms with Crippen LogP contribution in [-0.2, 0) is 25.4 Å². The fraction of sp³-hybridized carbons (Fsp3) is 0.292. The number of hydrogen-bond donors (Lipinski definition) is 2. The highest BCUT2D eigenvalue weighted by Gasteiger charge is 2.44. The average molecular weight is 652 g/mol. The number of rotatable bonds is 6. The van der Waals surface area contributed by atoms with E-state index in [1.54, 1.807) is 22.6 Å². The second-order valence-corrected chi connectivity index (χ2v) is 9.79. The van der Waals surface area contributed by atoms with Crippen molar-refractivity contribution in [3.8, 4) is 0 Å². The number of nitrogens with one attached hydrogen (secondary N) is 1. The molecule has 0 spiro atoms. The van der Waals surface area contributed by atoms with Gasteiger partial charge in [-0.05, 0) is 64.9 Å². The van der Waals surface area contributed by atoms with Gasteiger partial charge in [0, 0.05) is 16.7 Å². The summed E-state index contributed by atoms with van der Waals surface area (Å²) in [6.07, 6.45) is -9.57. The van der Waals surface area contributed by atoms with E-state index in [0.717, 1.165) is 10.7 Å². The van der Waals surface area contributed by atoms with Gasteiger partial charge >= 0.3 is 18.3 Å². The molecular formula is C24H19F6IN4O3. The molecule has 1 aliphatic heterocycles. The van der Waals surface area contributed by atoms with E-state index < -0.39 is 47.1 Å². The van der Waals surface area contributed by atoms with Gasteiger partial charge in [-0.15, -0.1) is 0 Å². The number of benzene rings is 2. The number of amides is 1. The third kappa shape index (κ3) is 5.59. The van der Waals surface area contributed by atoms with Crippen LogP contribution >= 0.6 is 22.6 Å². The summed E-state index contributed by atoms with van der Waals surface area (Å²) in [7, 11) is 0. The molecule has 1 aliphatic rings. The predicted molar refractivity (Wildman–Crippen MR) is 132 cm³/mol. The van der Waals surface area contributed by atoms with Gasteiger partial charge < -0.3 is 15.3 Å². The van der Waals surface area contributed by atoms with Crippen molar-refractivity contribution in [3.63, 3.8) is 0 Å². The molecule has 2 aromatic carbocycles. The van der Waals surface area contributed by atoms with Crippen LogP contribution in [0.25, 0.3) is 0 Å². The molecule has 38 heavy (non-hydrogen) atoms. The Morgan fingerprint density at radius 3 is 2.29 bits per heavy atom. The monoisotopic (exact) mass is 652 g/mol. The van der Waals surface area contributed by atoms with Gasteiger partial charge in [0.05, 0.1) is 23.7 Å². The second-order valence-electron chi connectivity index (χ2n) is 8.62. The molecule has 0 aliphatic carbocycles. The molecule has 0 saturated heterocycles. The normalized spacial score (nSPS) is 14.4. The SMILES string of the molecule is C[C@H](NC(=O)c1c(C(F)(F)F)nn2c1N(Cc1ccc(I)c(C(F)(F)F)c1)CC2)c1ccc(C(=O)O)cc1. The summed E-state index contributed by atoms with van der Waals surface area (Å²) in [4.78, 5) is 25.6. The zero-order valence-electron chi connectivity index (χ0n) is 19.5. The first-order valence-corrected chi connectivity index (χ1v) is 12.2. The lowest BCUT2D eigenvalue weighted by Crippen LogP contribution is -2.31. The summed E-state index contributed by atoms with van der Waals surface area (Å²) in [5.74, 6) is -2.37. The number of aromatic carboxylic acids is 1. The second kappa shape index (κ2) is 10.1. The summed E-state index contributed by atoms with van der Waals surface area (Å²) in [6.45, 7) is 1.50. The number of fused-ring (bicyclic) bond motifs is 1. The first-order chi connectivity index (χ1) is 17.7. The molecule has 1 amide bonds. The largest absolute Gasteiger partial charge is 0.478 e. The zero-order chi connectivity index (χ0) is 28.0. The first-order valence-electron chi connectivity index (χ1n) is 11.1. The van der Waals surface area contributed by atoms with E-state index in [4.69, 9.17) is 5.11 Å². The smallest absolute Gasteiger partial charge is 0.436 e. The van der Waals surface area contributed by atoms with Gasteiger partial charge in [-0.25, -0.2) is 9.48 Å². The van der Waals surface area contributed by atoms with Crippen LogP contribution < -0.4 is 10.2 Å². The van der Waals surface area contributed by atoms with Crippen LogP contribution in [0.15, 0.2) is 42.5 Å². The van der Waals surface area contributed by atoms with Gasteiger partial charge in [0.1, 0.15) is 11.4 Å². The molecule has 3 aromatic rings. The molecule has 0 bridgehead atoms. The molecule has 0 unspecified atom stereocenters. The lowest BCUT2D eigenvalue weighted by molar-refractivity contribution is -0.142. The number of aromatic nitrogens is 2. The fourth-order valence-electron chi connectivity index (χ4n) is 4.19. The van der Waals surface area contributed by atoms with Crippen molar-refractivity contribution >= 4 is 40.3 Å². The van der Waals surface area contributed by atoms with Crippen LogP contribution in [0.1, 0.15) is 56.1 Å². The topological polar surface area (TPSA) is 87.5 Å². The predicted octanol–water partition coefficient (Wildman–Crippen LogP) is 5.73. The average Bonchev–Trinajstić information content (AvgIpc) is 3.39. The standard InChI is InChI=1S/C24H19F6IN4O3/c1-12(14-3-5-15(6-4-14)22(37)38)32-20(36)18-19(24(28,29)30)33-35-9-8-34(21(18)35)11-13-2-7-17(31)16(10-13)23(25,26)27/h2-7,10,12H,8-9,11H2,1H3,(H,32,36)(H,37,38)/t12-/m0/s1. The maximum Gasteiger partial charge on any atom is 0.436 e. The number of nitrogens with zero attached hydrogens (tertiary/aromatic N) is 3. The van der Waals surface area contributed by atoms with Crippen molar-refractivity contribution in [1.82, 2.24) is 15.1 Å². The maximum absolute atomic E-state index is 13.9. The minimum Gasteiger partial charge on any atom is -0.478 e. The van der Waals surface area contributed by atoms with E-state index in [0.29, 0.717) is 5.56 Å². The van der Waals surface area contributed by atoms with Crippen molar-refractivity contribution in [2.75, 3.05) is 11.4 Å². The summed E-state index contributed by atoms with van der Waals surface area (Å²) >= 11 is 1.56. The van der Waals surface area contributed by atoms with E-state index >= 15 is 0 Å². The Hall–Kier alpha value is -3.30. The Balaban J connectivity index is 1.66. The lowest BCUT2D eigenvalue weighted by atomic mass is 10.1. The molecule has 1 atom stereocenters. The van der Waals surface area contributed by atoms with Crippen molar-refractivity contribution in [3.05, 3.63) is 79.5 Å². The number of carboxylic acids is 1. The molecule has 202 valence electrons.